The smallest absolute Gasteiger partial charge is 0.248 e. The molecule has 0 aromatic heterocycles. The van der Waals surface area contributed by atoms with Crippen LogP contribution in [0.5, 0.6) is 0 Å². The number of halogens is 2. The zero-order chi connectivity index (χ0) is 13.9. The monoisotopic (exact) mass is 272 g/mol. The number of benzene rings is 1. The lowest BCUT2D eigenvalue weighted by Gasteiger charge is -2.13. The average molecular weight is 273 g/mol. The first-order valence-electron chi connectivity index (χ1n) is 5.33. The Morgan fingerprint density at radius 3 is 2.61 bits per heavy atom. The molecule has 0 spiro atoms. The Morgan fingerprint density at radius 1 is 1.50 bits per heavy atom. The summed E-state index contributed by atoms with van der Waals surface area (Å²) in [6, 6.07) is 2.39. The largest absolute Gasteiger partial charge is 0.366 e. The number of hydrogen-bond acceptors (Lipinski definition) is 2. The van der Waals surface area contributed by atoms with Gasteiger partial charge in [0, 0.05) is 28.6 Å². The summed E-state index contributed by atoms with van der Waals surface area (Å²) in [5.74, 6) is -1.95. The first kappa shape index (κ1) is 14.4. The lowest BCUT2D eigenvalue weighted by atomic mass is 10.1. The van der Waals surface area contributed by atoms with E-state index in [9.17, 15) is 14.0 Å². The van der Waals surface area contributed by atoms with Gasteiger partial charge in [-0.25, -0.2) is 4.39 Å². The van der Waals surface area contributed by atoms with Crippen LogP contribution in [0.1, 0.15) is 22.8 Å². The summed E-state index contributed by atoms with van der Waals surface area (Å²) in [6.07, 6.45) is 0. The number of anilines is 1. The van der Waals surface area contributed by atoms with Crippen molar-refractivity contribution in [1.29, 1.82) is 0 Å². The van der Waals surface area contributed by atoms with Gasteiger partial charge in [-0.2, -0.15) is 0 Å². The molecule has 18 heavy (non-hydrogen) atoms. The maximum Gasteiger partial charge on any atom is 0.248 e. The van der Waals surface area contributed by atoms with Gasteiger partial charge in [0.05, 0.1) is 0 Å². The predicted molar refractivity (Wildman–Crippen MR) is 68.2 cm³/mol. The number of hydrogen-bond donors (Lipinski definition) is 2. The highest BCUT2D eigenvalue weighted by atomic mass is 35.5. The Bertz CT molecular complexity index is 491. The van der Waals surface area contributed by atoms with Crippen LogP contribution < -0.4 is 11.1 Å². The molecule has 0 saturated carbocycles. The van der Waals surface area contributed by atoms with E-state index in [1.807, 2.05) is 0 Å². The molecule has 0 radical (unpaired) electrons. The fraction of sp³-hybridized carbons (Fsp3) is 0.333. The van der Waals surface area contributed by atoms with Crippen LogP contribution in [0.3, 0.4) is 0 Å². The topological polar surface area (TPSA) is 72.2 Å². The van der Waals surface area contributed by atoms with Gasteiger partial charge in [0.15, 0.2) is 0 Å². The molecule has 0 saturated heterocycles. The molecule has 0 fully saturated rings. The van der Waals surface area contributed by atoms with Crippen molar-refractivity contribution in [3.63, 3.8) is 0 Å². The van der Waals surface area contributed by atoms with E-state index in [-0.39, 0.29) is 28.6 Å². The van der Waals surface area contributed by atoms with Gasteiger partial charge >= 0.3 is 0 Å². The molecule has 0 aliphatic heterocycles. The van der Waals surface area contributed by atoms with Crippen molar-refractivity contribution in [3.05, 3.63) is 29.1 Å². The van der Waals surface area contributed by atoms with Crippen LogP contribution in [0, 0.1) is 18.7 Å². The van der Waals surface area contributed by atoms with E-state index in [1.54, 1.807) is 6.92 Å². The third-order valence-electron chi connectivity index (χ3n) is 2.57. The Balaban J connectivity index is 3.08. The minimum Gasteiger partial charge on any atom is -0.366 e. The maximum atomic E-state index is 13.5. The first-order chi connectivity index (χ1) is 8.36. The second kappa shape index (κ2) is 5.82. The molecule has 1 aromatic carbocycles. The number of nitrogens with one attached hydrogen (secondary N) is 1. The highest BCUT2D eigenvalue weighted by molar-refractivity contribution is 6.19. The number of primary amides is 1. The lowest BCUT2D eigenvalue weighted by molar-refractivity contribution is -0.118. The van der Waals surface area contributed by atoms with Gasteiger partial charge in [-0.15, -0.1) is 11.6 Å². The van der Waals surface area contributed by atoms with Crippen LogP contribution in [0.25, 0.3) is 0 Å². The van der Waals surface area contributed by atoms with Crippen LogP contribution in [-0.4, -0.2) is 17.7 Å². The quantitative estimate of drug-likeness (QED) is 0.824. The third kappa shape index (κ3) is 3.20. The molecule has 2 amide bonds. The third-order valence-corrected chi connectivity index (χ3v) is 3.03. The Labute approximate surface area is 109 Å². The van der Waals surface area contributed by atoms with Crippen LogP contribution in [0.15, 0.2) is 12.1 Å². The molecule has 6 heteroatoms. The van der Waals surface area contributed by atoms with Crippen molar-refractivity contribution in [2.45, 2.75) is 13.8 Å². The molecule has 0 aliphatic carbocycles. The highest BCUT2D eigenvalue weighted by Gasteiger charge is 2.16. The molecule has 0 aliphatic rings. The summed E-state index contributed by atoms with van der Waals surface area (Å²) in [5.41, 5.74) is 5.56. The Hall–Kier alpha value is -1.62. The van der Waals surface area contributed by atoms with Crippen molar-refractivity contribution in [2.75, 3.05) is 11.2 Å². The molecule has 1 aromatic rings. The van der Waals surface area contributed by atoms with Crippen molar-refractivity contribution in [1.82, 2.24) is 0 Å². The van der Waals surface area contributed by atoms with Gasteiger partial charge in [0.1, 0.15) is 5.82 Å². The van der Waals surface area contributed by atoms with E-state index in [1.165, 1.54) is 13.0 Å². The van der Waals surface area contributed by atoms with Gasteiger partial charge in [0.2, 0.25) is 11.8 Å². The normalized spacial score (nSPS) is 12.0. The molecule has 0 heterocycles. The van der Waals surface area contributed by atoms with Gasteiger partial charge in [-0.1, -0.05) is 6.92 Å². The van der Waals surface area contributed by atoms with Gasteiger partial charge in [-0.05, 0) is 19.1 Å². The van der Waals surface area contributed by atoms with Crippen molar-refractivity contribution in [2.24, 2.45) is 11.7 Å². The van der Waals surface area contributed by atoms with Crippen LogP contribution >= 0.6 is 11.6 Å². The van der Waals surface area contributed by atoms with E-state index >= 15 is 0 Å². The fourth-order valence-corrected chi connectivity index (χ4v) is 1.42. The number of alkyl halides is 1. The maximum absolute atomic E-state index is 13.5. The number of carbonyl (C=O) groups excluding carboxylic acids is 2. The summed E-state index contributed by atoms with van der Waals surface area (Å²) in [6.45, 7) is 3.15. The Kier molecular flexibility index (Phi) is 4.67. The van der Waals surface area contributed by atoms with Crippen molar-refractivity contribution >= 4 is 29.1 Å². The molecule has 4 nitrogen and oxygen atoms in total. The SMILES string of the molecule is Cc1c(F)cc(C(N)=O)cc1NC(=O)C(C)CCl. The minimum atomic E-state index is -0.755. The highest BCUT2D eigenvalue weighted by Crippen LogP contribution is 2.21. The van der Waals surface area contributed by atoms with Gasteiger partial charge in [0.25, 0.3) is 0 Å². The fourth-order valence-electron chi connectivity index (χ4n) is 1.28. The van der Waals surface area contributed by atoms with Gasteiger partial charge < -0.3 is 11.1 Å². The number of nitrogens with two attached hydrogens (primary N) is 1. The first-order valence-corrected chi connectivity index (χ1v) is 5.87. The summed E-state index contributed by atoms with van der Waals surface area (Å²) in [7, 11) is 0. The predicted octanol–water partition coefficient (Wildman–Crippen LogP) is 2.05. The summed E-state index contributed by atoms with van der Waals surface area (Å²) >= 11 is 5.56. The van der Waals surface area contributed by atoms with Crippen molar-refractivity contribution in [3.8, 4) is 0 Å². The van der Waals surface area contributed by atoms with Crippen LogP contribution in [0.4, 0.5) is 10.1 Å². The van der Waals surface area contributed by atoms with Crippen LogP contribution in [0.2, 0.25) is 0 Å². The molecular formula is C12H14ClFN2O2. The summed E-state index contributed by atoms with van der Waals surface area (Å²) in [4.78, 5) is 22.7. The van der Waals surface area contributed by atoms with E-state index in [2.05, 4.69) is 5.32 Å². The van der Waals surface area contributed by atoms with Crippen LogP contribution in [-0.2, 0) is 4.79 Å². The second-order valence-electron chi connectivity index (χ2n) is 4.04. The zero-order valence-electron chi connectivity index (χ0n) is 10.1. The molecule has 98 valence electrons. The number of rotatable bonds is 4. The number of amides is 2. The van der Waals surface area contributed by atoms with E-state index < -0.39 is 17.6 Å². The summed E-state index contributed by atoms with van der Waals surface area (Å²) < 4.78 is 13.5. The summed E-state index contributed by atoms with van der Waals surface area (Å²) in [5, 5.41) is 2.53. The molecule has 1 atom stereocenters. The van der Waals surface area contributed by atoms with E-state index in [4.69, 9.17) is 17.3 Å². The molecular weight excluding hydrogens is 259 g/mol. The Morgan fingerprint density at radius 2 is 2.11 bits per heavy atom. The molecule has 1 unspecified atom stereocenters. The van der Waals surface area contributed by atoms with Gasteiger partial charge in [-0.3, -0.25) is 9.59 Å². The van der Waals surface area contributed by atoms with E-state index in [0.717, 1.165) is 6.07 Å². The lowest BCUT2D eigenvalue weighted by Crippen LogP contribution is -2.22. The second-order valence-corrected chi connectivity index (χ2v) is 4.35. The zero-order valence-corrected chi connectivity index (χ0v) is 10.8. The average Bonchev–Trinajstić information content (AvgIpc) is 2.33. The molecule has 0 bridgehead atoms. The molecule has 3 N–H and O–H groups in total. The van der Waals surface area contributed by atoms with Crippen molar-refractivity contribution < 1.29 is 14.0 Å². The van der Waals surface area contributed by atoms with E-state index in [0.29, 0.717) is 0 Å². The number of carbonyl (C=O) groups is 2. The minimum absolute atomic E-state index is 0.00641. The molecule has 1 rings (SSSR count). The standard InChI is InChI=1S/C12H14ClFN2O2/c1-6(5-13)12(18)16-10-4-8(11(15)17)3-9(14)7(10)2/h3-4,6H,5H2,1-2H3,(H2,15,17)(H,16,18).